The Kier molecular flexibility index (Phi) is 5.38. The van der Waals surface area contributed by atoms with Crippen molar-refractivity contribution in [2.45, 2.75) is 6.10 Å². The lowest BCUT2D eigenvalue weighted by Gasteiger charge is -2.15. The van der Waals surface area contributed by atoms with Crippen molar-refractivity contribution < 1.29 is 14.6 Å². The molecule has 5 heteroatoms. The van der Waals surface area contributed by atoms with Crippen molar-refractivity contribution in [3.05, 3.63) is 60.2 Å². The molecule has 0 bridgehead atoms. The Hall–Kier alpha value is -2.53. The van der Waals surface area contributed by atoms with Crippen LogP contribution in [-0.4, -0.2) is 36.7 Å². The molecule has 0 spiro atoms. The second-order valence-corrected chi connectivity index (χ2v) is 5.10. The molecule has 0 aliphatic heterocycles. The molecule has 2 aromatic carbocycles. The second-order valence-electron chi connectivity index (χ2n) is 5.10. The number of ether oxygens (including phenoxy) is 1. The summed E-state index contributed by atoms with van der Waals surface area (Å²) >= 11 is 0. The molecule has 2 N–H and O–H groups in total. The van der Waals surface area contributed by atoms with Gasteiger partial charge in [0.15, 0.2) is 0 Å². The zero-order valence-electron chi connectivity index (χ0n) is 12.7. The minimum atomic E-state index is -0.696. The molecule has 0 heterocycles. The van der Waals surface area contributed by atoms with Gasteiger partial charge in [0.25, 0.3) is 0 Å². The molecule has 2 aromatic rings. The molecular weight excluding hydrogens is 280 g/mol. The molecule has 0 fully saturated rings. The lowest BCUT2D eigenvalue weighted by atomic mass is 10.1. The molecule has 0 aliphatic rings. The molecule has 0 saturated carbocycles. The smallest absolute Gasteiger partial charge is 0.410 e. The van der Waals surface area contributed by atoms with Crippen LogP contribution in [-0.2, 0) is 0 Å². The van der Waals surface area contributed by atoms with Crippen LogP contribution in [0, 0.1) is 0 Å². The van der Waals surface area contributed by atoms with Gasteiger partial charge in [-0.3, -0.25) is 0 Å². The van der Waals surface area contributed by atoms with Gasteiger partial charge in [0, 0.05) is 26.3 Å². The quantitative estimate of drug-likeness (QED) is 0.891. The molecule has 0 radical (unpaired) electrons. The number of carbonyl (C=O) groups is 1. The van der Waals surface area contributed by atoms with E-state index in [4.69, 9.17) is 4.74 Å². The predicted molar refractivity (Wildman–Crippen MR) is 86.0 cm³/mol. The van der Waals surface area contributed by atoms with Gasteiger partial charge in [-0.2, -0.15) is 0 Å². The average Bonchev–Trinajstić information content (AvgIpc) is 2.53. The van der Waals surface area contributed by atoms with Gasteiger partial charge in [0.05, 0.1) is 6.10 Å². The summed E-state index contributed by atoms with van der Waals surface area (Å²) in [5.74, 6) is 0.412. The van der Waals surface area contributed by atoms with Gasteiger partial charge >= 0.3 is 6.09 Å². The van der Waals surface area contributed by atoms with E-state index in [2.05, 4.69) is 5.32 Å². The third kappa shape index (κ3) is 4.49. The summed E-state index contributed by atoms with van der Waals surface area (Å²) in [6.45, 7) is 0.370. The van der Waals surface area contributed by atoms with Gasteiger partial charge in [-0.25, -0.2) is 4.79 Å². The Bertz CT molecular complexity index is 614. The zero-order valence-corrected chi connectivity index (χ0v) is 12.7. The van der Waals surface area contributed by atoms with E-state index < -0.39 is 12.2 Å². The fourth-order valence-electron chi connectivity index (χ4n) is 1.87. The van der Waals surface area contributed by atoms with Crippen LogP contribution in [0.15, 0.2) is 54.6 Å². The van der Waals surface area contributed by atoms with Gasteiger partial charge in [-0.1, -0.05) is 30.3 Å². The Balaban J connectivity index is 1.97. The van der Waals surface area contributed by atoms with Gasteiger partial charge in [0.1, 0.15) is 5.75 Å². The van der Waals surface area contributed by atoms with Crippen LogP contribution in [0.1, 0.15) is 11.7 Å². The maximum Gasteiger partial charge on any atom is 0.414 e. The Morgan fingerprint density at radius 2 is 1.91 bits per heavy atom. The van der Waals surface area contributed by atoms with Crippen LogP contribution < -0.4 is 10.1 Å². The van der Waals surface area contributed by atoms with Crippen LogP contribution >= 0.6 is 0 Å². The number of amides is 1. The number of hydrogen-bond acceptors (Lipinski definition) is 4. The third-order valence-electron chi connectivity index (χ3n) is 3.09. The molecule has 1 unspecified atom stereocenters. The van der Waals surface area contributed by atoms with Crippen LogP contribution in [0.4, 0.5) is 10.5 Å². The van der Waals surface area contributed by atoms with E-state index in [1.807, 2.05) is 30.3 Å². The lowest BCUT2D eigenvalue weighted by Crippen LogP contribution is -2.25. The Morgan fingerprint density at radius 3 is 2.59 bits per heavy atom. The minimum absolute atomic E-state index is 0.370. The first-order valence-electron chi connectivity index (χ1n) is 7.02. The largest absolute Gasteiger partial charge is 0.414 e. The summed E-state index contributed by atoms with van der Waals surface area (Å²) in [5, 5.41) is 13.4. The van der Waals surface area contributed by atoms with E-state index in [-0.39, 0.29) is 0 Å². The van der Waals surface area contributed by atoms with Crippen LogP contribution in [0.25, 0.3) is 0 Å². The van der Waals surface area contributed by atoms with Crippen molar-refractivity contribution in [1.29, 1.82) is 0 Å². The summed E-state index contributed by atoms with van der Waals surface area (Å²) in [6.07, 6.45) is -1.15. The van der Waals surface area contributed by atoms with Crippen molar-refractivity contribution in [3.8, 4) is 5.75 Å². The van der Waals surface area contributed by atoms with Crippen molar-refractivity contribution in [1.82, 2.24) is 4.90 Å². The van der Waals surface area contributed by atoms with E-state index >= 15 is 0 Å². The Labute approximate surface area is 130 Å². The normalized spacial score (nSPS) is 11.6. The molecular formula is C17H20N2O3. The molecule has 2 rings (SSSR count). The van der Waals surface area contributed by atoms with Gasteiger partial charge in [0.2, 0.25) is 0 Å². The van der Waals surface area contributed by atoms with E-state index in [9.17, 15) is 9.90 Å². The first-order valence-corrected chi connectivity index (χ1v) is 7.02. The highest BCUT2D eigenvalue weighted by molar-refractivity contribution is 5.70. The number of hydrogen-bond donors (Lipinski definition) is 2. The SMILES string of the molecule is CN(C)C(=O)Oc1cccc(C(O)CNc2ccccc2)c1. The number of nitrogens with one attached hydrogen (secondary N) is 1. The first-order chi connectivity index (χ1) is 10.6. The summed E-state index contributed by atoms with van der Waals surface area (Å²) < 4.78 is 5.18. The maximum atomic E-state index is 11.5. The van der Waals surface area contributed by atoms with Gasteiger partial charge in [-0.15, -0.1) is 0 Å². The van der Waals surface area contributed by atoms with E-state index in [1.54, 1.807) is 38.4 Å². The van der Waals surface area contributed by atoms with Gasteiger partial charge in [-0.05, 0) is 29.8 Å². The summed E-state index contributed by atoms with van der Waals surface area (Å²) in [4.78, 5) is 12.9. The van der Waals surface area contributed by atoms with Crippen LogP contribution in [0.2, 0.25) is 0 Å². The second kappa shape index (κ2) is 7.47. The van der Waals surface area contributed by atoms with Gasteiger partial charge < -0.3 is 20.1 Å². The number of carbonyl (C=O) groups excluding carboxylic acids is 1. The van der Waals surface area contributed by atoms with E-state index in [0.29, 0.717) is 17.9 Å². The molecule has 0 aromatic heterocycles. The average molecular weight is 300 g/mol. The van der Waals surface area contributed by atoms with E-state index in [1.165, 1.54) is 4.90 Å². The summed E-state index contributed by atoms with van der Waals surface area (Å²) in [6, 6.07) is 16.5. The molecule has 5 nitrogen and oxygen atoms in total. The molecule has 22 heavy (non-hydrogen) atoms. The maximum absolute atomic E-state index is 11.5. The minimum Gasteiger partial charge on any atom is -0.410 e. The fourth-order valence-corrected chi connectivity index (χ4v) is 1.87. The van der Waals surface area contributed by atoms with Crippen LogP contribution in [0.3, 0.4) is 0 Å². The van der Waals surface area contributed by atoms with Crippen molar-refractivity contribution in [2.75, 3.05) is 26.0 Å². The zero-order chi connectivity index (χ0) is 15.9. The number of aliphatic hydroxyl groups is 1. The number of benzene rings is 2. The lowest BCUT2D eigenvalue weighted by molar-refractivity contribution is 0.170. The van der Waals surface area contributed by atoms with Crippen molar-refractivity contribution in [2.24, 2.45) is 0 Å². The molecule has 0 aliphatic carbocycles. The highest BCUT2D eigenvalue weighted by Crippen LogP contribution is 2.20. The number of aliphatic hydroxyl groups excluding tert-OH is 1. The number of rotatable bonds is 5. The van der Waals surface area contributed by atoms with E-state index in [0.717, 1.165) is 5.69 Å². The summed E-state index contributed by atoms with van der Waals surface area (Å²) in [7, 11) is 3.23. The number of nitrogens with zero attached hydrogens (tertiary/aromatic N) is 1. The Morgan fingerprint density at radius 1 is 1.18 bits per heavy atom. The topological polar surface area (TPSA) is 61.8 Å². The third-order valence-corrected chi connectivity index (χ3v) is 3.09. The van der Waals surface area contributed by atoms with Crippen molar-refractivity contribution >= 4 is 11.8 Å². The fraction of sp³-hybridized carbons (Fsp3) is 0.235. The molecule has 1 amide bonds. The monoisotopic (exact) mass is 300 g/mol. The highest BCUT2D eigenvalue weighted by atomic mass is 16.6. The predicted octanol–water partition coefficient (Wildman–Crippen LogP) is 2.89. The van der Waals surface area contributed by atoms with Crippen molar-refractivity contribution in [3.63, 3.8) is 0 Å². The highest BCUT2D eigenvalue weighted by Gasteiger charge is 2.11. The first kappa shape index (κ1) is 15.9. The molecule has 0 saturated heterocycles. The standard InChI is InChI=1S/C17H20N2O3/c1-19(2)17(21)22-15-10-6-7-13(11-15)16(20)12-18-14-8-4-3-5-9-14/h3-11,16,18,20H,12H2,1-2H3. The molecule has 1 atom stereocenters. The summed E-state index contributed by atoms with van der Waals surface area (Å²) in [5.41, 5.74) is 1.63. The number of anilines is 1. The number of para-hydroxylation sites is 1. The van der Waals surface area contributed by atoms with Crippen LogP contribution in [0.5, 0.6) is 5.75 Å². The molecule has 116 valence electrons.